The van der Waals surface area contributed by atoms with Gasteiger partial charge < -0.3 is 9.73 Å². The van der Waals surface area contributed by atoms with Gasteiger partial charge in [-0.2, -0.15) is 0 Å². The smallest absolute Gasteiger partial charge is 0.169 e. The Bertz CT molecular complexity index is 458. The van der Waals surface area contributed by atoms with Crippen LogP contribution in [0, 0.1) is 0 Å². The van der Waals surface area contributed by atoms with E-state index in [0.29, 0.717) is 0 Å². The Kier molecular flexibility index (Phi) is 4.28. The summed E-state index contributed by atoms with van der Waals surface area (Å²) in [4.78, 5) is 8.41. The van der Waals surface area contributed by atoms with Crippen LogP contribution >= 0.6 is 15.9 Å². The van der Waals surface area contributed by atoms with Crippen LogP contribution in [-0.2, 0) is 0 Å². The monoisotopic (exact) mass is 295 g/mol. The predicted octanol–water partition coefficient (Wildman–Crippen LogP) is 2.92. The Morgan fingerprint density at radius 2 is 2.29 bits per heavy atom. The van der Waals surface area contributed by atoms with Crippen LogP contribution in [0.25, 0.3) is 0 Å². The first kappa shape index (κ1) is 12.3. The molecule has 0 bridgehead atoms. The van der Waals surface area contributed by atoms with Gasteiger partial charge in [-0.05, 0) is 41.0 Å². The molecule has 0 saturated carbocycles. The molecule has 0 amide bonds. The van der Waals surface area contributed by atoms with Crippen molar-refractivity contribution in [2.24, 2.45) is 0 Å². The average molecular weight is 296 g/mol. The molecule has 17 heavy (non-hydrogen) atoms. The fraction of sp³-hybridized carbons (Fsp3) is 0.333. The fourth-order valence-electron chi connectivity index (χ4n) is 1.58. The molecule has 2 rings (SSSR count). The van der Waals surface area contributed by atoms with E-state index in [9.17, 15) is 0 Å². The van der Waals surface area contributed by atoms with Crippen LogP contribution in [-0.4, -0.2) is 16.5 Å². The minimum Gasteiger partial charge on any atom is -0.452 e. The van der Waals surface area contributed by atoms with Gasteiger partial charge in [0.05, 0.1) is 11.9 Å². The lowest BCUT2D eigenvalue weighted by molar-refractivity contribution is 0.428. The number of rotatable bonds is 5. The van der Waals surface area contributed by atoms with Gasteiger partial charge in [0.1, 0.15) is 11.8 Å². The van der Waals surface area contributed by atoms with Gasteiger partial charge in [0.15, 0.2) is 4.67 Å². The van der Waals surface area contributed by atoms with Crippen molar-refractivity contribution in [1.82, 2.24) is 15.3 Å². The molecule has 0 radical (unpaired) electrons. The topological polar surface area (TPSA) is 51.0 Å². The van der Waals surface area contributed by atoms with Crippen LogP contribution in [0.3, 0.4) is 0 Å². The Hall–Kier alpha value is -1.20. The highest BCUT2D eigenvalue weighted by Crippen LogP contribution is 2.24. The van der Waals surface area contributed by atoms with E-state index in [1.54, 1.807) is 18.6 Å². The minimum atomic E-state index is -0.0463. The molecule has 0 aliphatic rings. The van der Waals surface area contributed by atoms with E-state index in [4.69, 9.17) is 4.42 Å². The van der Waals surface area contributed by atoms with Gasteiger partial charge in [-0.25, -0.2) is 0 Å². The zero-order chi connectivity index (χ0) is 12.1. The van der Waals surface area contributed by atoms with E-state index >= 15 is 0 Å². The lowest BCUT2D eigenvalue weighted by Gasteiger charge is -2.14. The number of hydrogen-bond donors (Lipinski definition) is 1. The molecule has 0 aromatic carbocycles. The van der Waals surface area contributed by atoms with Crippen LogP contribution in [0.5, 0.6) is 0 Å². The van der Waals surface area contributed by atoms with Gasteiger partial charge in [0, 0.05) is 12.4 Å². The van der Waals surface area contributed by atoms with Crippen molar-refractivity contribution in [3.8, 4) is 0 Å². The van der Waals surface area contributed by atoms with Gasteiger partial charge in [-0.3, -0.25) is 9.97 Å². The van der Waals surface area contributed by atoms with E-state index in [1.807, 2.05) is 12.1 Å². The summed E-state index contributed by atoms with van der Waals surface area (Å²) in [6.45, 7) is 3.03. The summed E-state index contributed by atoms with van der Waals surface area (Å²) < 4.78 is 6.31. The summed E-state index contributed by atoms with van der Waals surface area (Å²) in [5.74, 6) is 0.839. The van der Waals surface area contributed by atoms with E-state index in [-0.39, 0.29) is 6.04 Å². The largest absolute Gasteiger partial charge is 0.452 e. The summed E-state index contributed by atoms with van der Waals surface area (Å²) in [6.07, 6.45) is 6.16. The average Bonchev–Trinajstić information content (AvgIpc) is 2.78. The Morgan fingerprint density at radius 1 is 1.41 bits per heavy atom. The van der Waals surface area contributed by atoms with Crippen LogP contribution < -0.4 is 5.32 Å². The number of furan rings is 1. The first-order valence-corrected chi connectivity index (χ1v) is 6.35. The van der Waals surface area contributed by atoms with Gasteiger partial charge in [0.2, 0.25) is 0 Å². The molecule has 0 aliphatic heterocycles. The van der Waals surface area contributed by atoms with Crippen molar-refractivity contribution in [3.05, 3.63) is 46.8 Å². The minimum absolute atomic E-state index is 0.0463. The second-order valence-electron chi connectivity index (χ2n) is 3.66. The zero-order valence-electron chi connectivity index (χ0n) is 9.56. The molecule has 1 N–H and O–H groups in total. The molecule has 0 aliphatic carbocycles. The fourth-order valence-corrected chi connectivity index (χ4v) is 1.90. The summed E-state index contributed by atoms with van der Waals surface area (Å²) in [6, 6.07) is 3.77. The van der Waals surface area contributed by atoms with Crippen LogP contribution in [0.4, 0.5) is 0 Å². The number of nitrogens with zero attached hydrogens (tertiary/aromatic N) is 2. The second-order valence-corrected chi connectivity index (χ2v) is 4.44. The van der Waals surface area contributed by atoms with Gasteiger partial charge in [-0.15, -0.1) is 0 Å². The van der Waals surface area contributed by atoms with Crippen molar-refractivity contribution in [2.45, 2.75) is 19.4 Å². The maximum atomic E-state index is 5.58. The van der Waals surface area contributed by atoms with Crippen LogP contribution in [0.1, 0.15) is 30.8 Å². The highest BCUT2D eigenvalue weighted by atomic mass is 79.9. The SMILES string of the molecule is CCCNC(c1cnccn1)c1ccc(Br)o1. The normalized spacial score (nSPS) is 12.6. The molecule has 1 unspecified atom stereocenters. The number of nitrogens with one attached hydrogen (secondary N) is 1. The first-order valence-electron chi connectivity index (χ1n) is 5.55. The lowest BCUT2D eigenvalue weighted by atomic mass is 10.1. The van der Waals surface area contributed by atoms with Crippen LogP contribution in [0.15, 0.2) is 39.8 Å². The lowest BCUT2D eigenvalue weighted by Crippen LogP contribution is -2.23. The van der Waals surface area contributed by atoms with Crippen molar-refractivity contribution in [2.75, 3.05) is 6.54 Å². The molecule has 0 spiro atoms. The van der Waals surface area contributed by atoms with E-state index in [0.717, 1.165) is 29.1 Å². The van der Waals surface area contributed by atoms with E-state index < -0.39 is 0 Å². The van der Waals surface area contributed by atoms with Crippen LogP contribution in [0.2, 0.25) is 0 Å². The highest BCUT2D eigenvalue weighted by molar-refractivity contribution is 9.10. The van der Waals surface area contributed by atoms with E-state index in [1.165, 1.54) is 0 Å². The Balaban J connectivity index is 2.25. The standard InChI is InChI=1S/C12H14BrN3O/c1-2-5-16-12(9-8-14-6-7-15-9)10-3-4-11(13)17-10/h3-4,6-8,12,16H,2,5H2,1H3. The summed E-state index contributed by atoms with van der Waals surface area (Å²) in [7, 11) is 0. The molecule has 5 heteroatoms. The molecule has 0 fully saturated rings. The molecule has 90 valence electrons. The molecule has 2 aromatic heterocycles. The third-order valence-electron chi connectivity index (χ3n) is 2.36. The molecule has 4 nitrogen and oxygen atoms in total. The van der Waals surface area contributed by atoms with Crippen molar-refractivity contribution >= 4 is 15.9 Å². The summed E-state index contributed by atoms with van der Waals surface area (Å²) in [5, 5.41) is 3.40. The molecular formula is C12H14BrN3O. The molecule has 2 heterocycles. The molecule has 0 saturated heterocycles. The van der Waals surface area contributed by atoms with Crippen molar-refractivity contribution in [3.63, 3.8) is 0 Å². The van der Waals surface area contributed by atoms with Crippen molar-refractivity contribution < 1.29 is 4.42 Å². The molecular weight excluding hydrogens is 282 g/mol. The number of aromatic nitrogens is 2. The molecule has 1 atom stereocenters. The summed E-state index contributed by atoms with van der Waals surface area (Å²) >= 11 is 3.31. The third kappa shape index (κ3) is 3.14. The maximum absolute atomic E-state index is 5.58. The van der Waals surface area contributed by atoms with Gasteiger partial charge in [0.25, 0.3) is 0 Å². The van der Waals surface area contributed by atoms with Gasteiger partial charge in [-0.1, -0.05) is 6.92 Å². The summed E-state index contributed by atoms with van der Waals surface area (Å²) in [5.41, 5.74) is 0.864. The predicted molar refractivity (Wildman–Crippen MR) is 68.6 cm³/mol. The van der Waals surface area contributed by atoms with Gasteiger partial charge >= 0.3 is 0 Å². The quantitative estimate of drug-likeness (QED) is 0.921. The number of hydrogen-bond acceptors (Lipinski definition) is 4. The highest BCUT2D eigenvalue weighted by Gasteiger charge is 2.18. The third-order valence-corrected chi connectivity index (χ3v) is 2.78. The molecule has 2 aromatic rings. The number of halogens is 1. The first-order chi connectivity index (χ1) is 8.31. The Labute approximate surface area is 109 Å². The van der Waals surface area contributed by atoms with E-state index in [2.05, 4.69) is 38.1 Å². The maximum Gasteiger partial charge on any atom is 0.169 e. The zero-order valence-corrected chi connectivity index (χ0v) is 11.1. The second kappa shape index (κ2) is 5.93. The van der Waals surface area contributed by atoms with Crippen molar-refractivity contribution in [1.29, 1.82) is 0 Å². The Morgan fingerprint density at radius 3 is 2.88 bits per heavy atom.